The molecular formula is C18H23Cl2FN4O2S2. The van der Waals surface area contributed by atoms with Gasteiger partial charge in [-0.2, -0.15) is 0 Å². The van der Waals surface area contributed by atoms with Gasteiger partial charge in [0.15, 0.2) is 5.13 Å². The summed E-state index contributed by atoms with van der Waals surface area (Å²) in [5.74, 6) is -0.888. The van der Waals surface area contributed by atoms with Crippen molar-refractivity contribution in [1.82, 2.24) is 9.88 Å². The van der Waals surface area contributed by atoms with Gasteiger partial charge >= 0.3 is 0 Å². The van der Waals surface area contributed by atoms with Gasteiger partial charge in [0.2, 0.25) is 0 Å². The van der Waals surface area contributed by atoms with Crippen LogP contribution >= 0.6 is 34.5 Å². The minimum absolute atomic E-state index is 0.0706. The van der Waals surface area contributed by atoms with Crippen LogP contribution in [0.5, 0.6) is 0 Å². The number of hydrogen-bond acceptors (Lipinski definition) is 6. The van der Waals surface area contributed by atoms with Crippen molar-refractivity contribution in [3.63, 3.8) is 0 Å². The molecule has 3 rings (SSSR count). The monoisotopic (exact) mass is 480 g/mol. The molecule has 0 spiro atoms. The number of aryl methyl sites for hydroxylation is 1. The topological polar surface area (TPSA) is 74.3 Å². The zero-order valence-electron chi connectivity index (χ0n) is 16.3. The Kier molecular flexibility index (Phi) is 6.95. The summed E-state index contributed by atoms with van der Waals surface area (Å²) in [6.45, 7) is 1.65. The molecule has 1 unspecified atom stereocenters. The molecular weight excluding hydrogens is 458 g/mol. The van der Waals surface area contributed by atoms with E-state index >= 15 is 0 Å². The van der Waals surface area contributed by atoms with E-state index < -0.39 is 20.7 Å². The first kappa shape index (κ1) is 22.6. The maximum Gasteiger partial charge on any atom is 0.266 e. The zero-order chi connectivity index (χ0) is 21.3. The van der Waals surface area contributed by atoms with Crippen LogP contribution in [-0.4, -0.2) is 44.5 Å². The number of thiazole rings is 1. The molecule has 2 atom stereocenters. The fraction of sp³-hybridized carbons (Fsp3) is 0.500. The molecule has 2 aromatic rings. The number of hydrogen-bond donors (Lipinski definition) is 2. The predicted octanol–water partition coefficient (Wildman–Crippen LogP) is 4.98. The molecule has 1 heterocycles. The third-order valence-electron chi connectivity index (χ3n) is 5.01. The number of likely N-dealkylation sites (N-methyl/N-ethyl adjacent to an activating group) is 1. The van der Waals surface area contributed by atoms with Gasteiger partial charge in [-0.3, -0.25) is 4.72 Å². The third kappa shape index (κ3) is 5.14. The van der Waals surface area contributed by atoms with Crippen LogP contribution in [0.2, 0.25) is 9.36 Å². The van der Waals surface area contributed by atoms with E-state index in [1.165, 1.54) is 0 Å². The van der Waals surface area contributed by atoms with Gasteiger partial charge in [0, 0.05) is 12.1 Å². The molecule has 29 heavy (non-hydrogen) atoms. The van der Waals surface area contributed by atoms with Crippen molar-refractivity contribution >= 4 is 55.4 Å². The van der Waals surface area contributed by atoms with E-state index in [4.69, 9.17) is 23.2 Å². The molecule has 1 aromatic heterocycles. The van der Waals surface area contributed by atoms with Crippen molar-refractivity contribution in [2.75, 3.05) is 24.1 Å². The van der Waals surface area contributed by atoms with Crippen LogP contribution in [0, 0.1) is 12.7 Å². The van der Waals surface area contributed by atoms with Gasteiger partial charge in [-0.05, 0) is 46.0 Å². The summed E-state index contributed by atoms with van der Waals surface area (Å²) >= 11 is 13.2. The molecule has 6 nitrogen and oxygen atoms in total. The van der Waals surface area contributed by atoms with E-state index in [9.17, 15) is 12.8 Å². The molecule has 1 aromatic carbocycles. The number of halogens is 3. The molecule has 0 saturated heterocycles. The maximum atomic E-state index is 14.8. The first-order chi connectivity index (χ1) is 13.6. The van der Waals surface area contributed by atoms with Crippen molar-refractivity contribution in [1.29, 1.82) is 0 Å². The van der Waals surface area contributed by atoms with Crippen LogP contribution in [0.15, 0.2) is 17.0 Å². The van der Waals surface area contributed by atoms with E-state index in [2.05, 4.69) is 19.9 Å². The Morgan fingerprint density at radius 1 is 1.24 bits per heavy atom. The predicted molar refractivity (Wildman–Crippen MR) is 117 cm³/mol. The van der Waals surface area contributed by atoms with Crippen LogP contribution in [0.1, 0.15) is 31.4 Å². The van der Waals surface area contributed by atoms with Crippen LogP contribution in [0.3, 0.4) is 0 Å². The Bertz CT molecular complexity index is 978. The van der Waals surface area contributed by atoms with Gasteiger partial charge in [-0.25, -0.2) is 17.8 Å². The minimum Gasteiger partial charge on any atom is -0.379 e. The van der Waals surface area contributed by atoms with Crippen LogP contribution in [0.4, 0.5) is 15.2 Å². The third-order valence-corrected chi connectivity index (χ3v) is 8.17. The van der Waals surface area contributed by atoms with E-state index in [-0.39, 0.29) is 16.2 Å². The second-order valence-electron chi connectivity index (χ2n) is 7.31. The second kappa shape index (κ2) is 8.93. The number of sulfonamides is 1. The molecule has 1 aliphatic rings. The molecule has 0 radical (unpaired) electrons. The summed E-state index contributed by atoms with van der Waals surface area (Å²) in [6, 6.07) is 2.66. The summed E-state index contributed by atoms with van der Waals surface area (Å²) in [5.41, 5.74) is 0.880. The maximum absolute atomic E-state index is 14.8. The average Bonchev–Trinajstić information content (AvgIpc) is 2.94. The minimum atomic E-state index is -4.20. The summed E-state index contributed by atoms with van der Waals surface area (Å²) in [4.78, 5) is 5.62. The normalized spacial score (nSPS) is 20.1. The largest absolute Gasteiger partial charge is 0.379 e. The lowest BCUT2D eigenvalue weighted by atomic mass is 9.89. The first-order valence-corrected chi connectivity index (χ1v) is 12.2. The van der Waals surface area contributed by atoms with Crippen LogP contribution in [-0.2, 0) is 10.0 Å². The van der Waals surface area contributed by atoms with Gasteiger partial charge in [0.25, 0.3) is 10.0 Å². The number of benzene rings is 1. The smallest absolute Gasteiger partial charge is 0.266 e. The number of nitrogens with one attached hydrogen (secondary N) is 2. The molecule has 1 aliphatic carbocycles. The van der Waals surface area contributed by atoms with Crippen molar-refractivity contribution in [2.24, 2.45) is 0 Å². The number of rotatable bonds is 6. The number of anilines is 2. The molecule has 160 valence electrons. The molecule has 11 heteroatoms. The van der Waals surface area contributed by atoms with E-state index in [1.807, 2.05) is 14.1 Å². The lowest BCUT2D eigenvalue weighted by molar-refractivity contribution is 0.211. The van der Waals surface area contributed by atoms with Gasteiger partial charge in [-0.1, -0.05) is 47.4 Å². The van der Waals surface area contributed by atoms with E-state index in [1.54, 1.807) is 6.92 Å². The second-order valence-corrected chi connectivity index (χ2v) is 11.0. The SMILES string of the molecule is Cc1nc(NS(=O)(=O)c2cc(Cl)c(NC3CCCC[C@@H]3N(C)C)cc2F)sc1Cl. The molecule has 1 saturated carbocycles. The van der Waals surface area contributed by atoms with E-state index in [0.29, 0.717) is 21.8 Å². The van der Waals surface area contributed by atoms with Gasteiger partial charge < -0.3 is 10.2 Å². The highest BCUT2D eigenvalue weighted by Crippen LogP contribution is 2.34. The molecule has 0 bridgehead atoms. The van der Waals surface area contributed by atoms with Crippen molar-refractivity contribution in [2.45, 2.75) is 49.6 Å². The summed E-state index contributed by atoms with van der Waals surface area (Å²) in [7, 11) is -0.171. The Morgan fingerprint density at radius 2 is 1.93 bits per heavy atom. The highest BCUT2D eigenvalue weighted by atomic mass is 35.5. The lowest BCUT2D eigenvalue weighted by Gasteiger charge is -2.37. The first-order valence-electron chi connectivity index (χ1n) is 9.16. The fourth-order valence-corrected chi connectivity index (χ4v) is 6.09. The Balaban J connectivity index is 1.85. The summed E-state index contributed by atoms with van der Waals surface area (Å²) in [5, 5.41) is 3.52. The quantitative estimate of drug-likeness (QED) is 0.609. The van der Waals surface area contributed by atoms with Crippen LogP contribution in [0.25, 0.3) is 0 Å². The number of aromatic nitrogens is 1. The van der Waals surface area contributed by atoms with Crippen LogP contribution < -0.4 is 10.0 Å². The highest BCUT2D eigenvalue weighted by Gasteiger charge is 2.28. The standard InChI is InChI=1S/C18H23Cl2FN4O2S2/c1-10-17(20)28-18(22-10)24-29(26,27)16-8-11(19)14(9-12(16)21)23-13-6-4-5-7-15(13)25(2)3/h8-9,13,15,23H,4-7H2,1-3H3,(H,22,24)/t13?,15-/m0/s1. The summed E-state index contributed by atoms with van der Waals surface area (Å²) < 4.78 is 42.6. The van der Waals surface area contributed by atoms with Gasteiger partial charge in [0.1, 0.15) is 15.0 Å². The van der Waals surface area contributed by atoms with E-state index in [0.717, 1.165) is 49.2 Å². The molecule has 1 fully saturated rings. The summed E-state index contributed by atoms with van der Waals surface area (Å²) in [6.07, 6.45) is 4.20. The molecule has 0 aliphatic heterocycles. The fourth-order valence-electron chi connectivity index (χ4n) is 3.53. The van der Waals surface area contributed by atoms with Gasteiger partial charge in [-0.15, -0.1) is 0 Å². The zero-order valence-corrected chi connectivity index (χ0v) is 19.4. The molecule has 0 amide bonds. The van der Waals surface area contributed by atoms with Gasteiger partial charge in [0.05, 0.1) is 16.4 Å². The van der Waals surface area contributed by atoms with Crippen molar-refractivity contribution in [3.05, 3.63) is 33.0 Å². The molecule has 2 N–H and O–H groups in total. The van der Waals surface area contributed by atoms with Crippen molar-refractivity contribution < 1.29 is 12.8 Å². The Morgan fingerprint density at radius 3 is 2.55 bits per heavy atom. The average molecular weight is 481 g/mol. The lowest BCUT2D eigenvalue weighted by Crippen LogP contribution is -2.45. The Labute approximate surface area is 184 Å². The number of nitrogens with zero attached hydrogens (tertiary/aromatic N) is 2. The Hall–Kier alpha value is -1.13. The van der Waals surface area contributed by atoms with Crippen molar-refractivity contribution in [3.8, 4) is 0 Å². The highest BCUT2D eigenvalue weighted by molar-refractivity contribution is 7.93.